The number of aromatic nitrogens is 3. The van der Waals surface area contributed by atoms with E-state index in [9.17, 15) is 0 Å². The minimum Gasteiger partial charge on any atom is -0.374 e. The standard InChI is InChI=1S/C15H28N4O/c1-4-19-14(17-12-18-19)11-13(16-3)15(20-5-2)9-7-6-8-10-15/h12-13,16H,4-11H2,1-3H3. The van der Waals surface area contributed by atoms with Crippen LogP contribution in [0.1, 0.15) is 51.8 Å². The molecule has 2 rings (SSSR count). The monoisotopic (exact) mass is 280 g/mol. The van der Waals surface area contributed by atoms with E-state index in [4.69, 9.17) is 4.74 Å². The fraction of sp³-hybridized carbons (Fsp3) is 0.867. The smallest absolute Gasteiger partial charge is 0.138 e. The van der Waals surface area contributed by atoms with E-state index < -0.39 is 0 Å². The third-order valence-corrected chi connectivity index (χ3v) is 4.50. The van der Waals surface area contributed by atoms with Gasteiger partial charge < -0.3 is 10.1 Å². The molecule has 0 radical (unpaired) electrons. The molecule has 1 N–H and O–H groups in total. The lowest BCUT2D eigenvalue weighted by Gasteiger charge is -2.43. The second-order valence-corrected chi connectivity index (χ2v) is 5.60. The zero-order chi connectivity index (χ0) is 14.4. The Kier molecular flexibility index (Phi) is 5.54. The summed E-state index contributed by atoms with van der Waals surface area (Å²) < 4.78 is 8.20. The number of hydrogen-bond acceptors (Lipinski definition) is 4. The Hall–Kier alpha value is -0.940. The molecule has 1 aliphatic carbocycles. The zero-order valence-corrected chi connectivity index (χ0v) is 13.1. The van der Waals surface area contributed by atoms with E-state index >= 15 is 0 Å². The molecule has 1 fully saturated rings. The molecule has 0 bridgehead atoms. The SMILES string of the molecule is CCOC1(C(Cc2ncnn2CC)NC)CCCCC1. The van der Waals surface area contributed by atoms with Crippen LogP contribution in [-0.2, 0) is 17.7 Å². The van der Waals surface area contributed by atoms with Crippen molar-refractivity contribution in [1.29, 1.82) is 0 Å². The maximum Gasteiger partial charge on any atom is 0.138 e. The topological polar surface area (TPSA) is 52.0 Å². The van der Waals surface area contributed by atoms with Crippen LogP contribution >= 0.6 is 0 Å². The van der Waals surface area contributed by atoms with E-state index in [2.05, 4.69) is 29.2 Å². The van der Waals surface area contributed by atoms with Crippen molar-refractivity contribution in [3.05, 3.63) is 12.2 Å². The summed E-state index contributed by atoms with van der Waals surface area (Å²) in [6, 6.07) is 0.303. The molecular weight excluding hydrogens is 252 g/mol. The fourth-order valence-corrected chi connectivity index (χ4v) is 3.48. The van der Waals surface area contributed by atoms with Crippen LogP contribution in [0, 0.1) is 0 Å². The average molecular weight is 280 g/mol. The minimum absolute atomic E-state index is 0.0354. The van der Waals surface area contributed by atoms with Gasteiger partial charge in [0.25, 0.3) is 0 Å². The Bertz CT molecular complexity index is 393. The third-order valence-electron chi connectivity index (χ3n) is 4.50. The first kappa shape index (κ1) is 15.4. The maximum atomic E-state index is 6.23. The molecule has 1 aromatic rings. The molecule has 5 nitrogen and oxygen atoms in total. The van der Waals surface area contributed by atoms with E-state index in [-0.39, 0.29) is 5.60 Å². The normalized spacial score (nSPS) is 19.9. The van der Waals surface area contributed by atoms with Gasteiger partial charge in [-0.05, 0) is 33.7 Å². The molecule has 0 spiro atoms. The van der Waals surface area contributed by atoms with Crippen LogP contribution < -0.4 is 5.32 Å². The van der Waals surface area contributed by atoms with Crippen LogP contribution in [0.3, 0.4) is 0 Å². The lowest BCUT2D eigenvalue weighted by Crippen LogP contribution is -2.54. The van der Waals surface area contributed by atoms with Crippen molar-refractivity contribution in [1.82, 2.24) is 20.1 Å². The van der Waals surface area contributed by atoms with Crippen molar-refractivity contribution in [2.75, 3.05) is 13.7 Å². The second-order valence-electron chi connectivity index (χ2n) is 5.60. The van der Waals surface area contributed by atoms with Gasteiger partial charge in [-0.2, -0.15) is 5.10 Å². The van der Waals surface area contributed by atoms with Crippen molar-refractivity contribution in [2.24, 2.45) is 0 Å². The first-order valence-electron chi connectivity index (χ1n) is 7.93. The summed E-state index contributed by atoms with van der Waals surface area (Å²) in [7, 11) is 2.03. The van der Waals surface area contributed by atoms with Gasteiger partial charge in [0.15, 0.2) is 0 Å². The van der Waals surface area contributed by atoms with Gasteiger partial charge in [0, 0.05) is 25.6 Å². The molecule has 114 valence electrons. The molecule has 1 aliphatic rings. The van der Waals surface area contributed by atoms with Gasteiger partial charge in [0.05, 0.1) is 5.60 Å². The van der Waals surface area contributed by atoms with Gasteiger partial charge in [-0.15, -0.1) is 0 Å². The molecule has 1 saturated carbocycles. The van der Waals surface area contributed by atoms with E-state index in [1.807, 2.05) is 11.7 Å². The van der Waals surface area contributed by atoms with E-state index in [0.717, 1.165) is 38.2 Å². The maximum absolute atomic E-state index is 6.23. The van der Waals surface area contributed by atoms with E-state index in [0.29, 0.717) is 6.04 Å². The molecule has 1 aromatic heterocycles. The fourth-order valence-electron chi connectivity index (χ4n) is 3.48. The number of likely N-dealkylation sites (N-methyl/N-ethyl adjacent to an activating group) is 1. The number of aryl methyl sites for hydroxylation is 1. The van der Waals surface area contributed by atoms with E-state index in [1.54, 1.807) is 6.33 Å². The number of nitrogens with one attached hydrogen (secondary N) is 1. The summed E-state index contributed by atoms with van der Waals surface area (Å²) in [6.45, 7) is 5.84. The first-order valence-corrected chi connectivity index (χ1v) is 7.93. The predicted octanol–water partition coefficient (Wildman–Crippen LogP) is 2.17. The van der Waals surface area contributed by atoms with Crippen LogP contribution in [0.5, 0.6) is 0 Å². The van der Waals surface area contributed by atoms with Crippen LogP contribution in [0.4, 0.5) is 0 Å². The highest BCUT2D eigenvalue weighted by atomic mass is 16.5. The van der Waals surface area contributed by atoms with Crippen LogP contribution in [0.2, 0.25) is 0 Å². The Labute approximate surface area is 122 Å². The summed E-state index contributed by atoms with van der Waals surface area (Å²) in [4.78, 5) is 4.42. The molecular formula is C15H28N4O. The van der Waals surface area contributed by atoms with E-state index in [1.165, 1.54) is 19.3 Å². The van der Waals surface area contributed by atoms with Gasteiger partial charge in [-0.25, -0.2) is 4.98 Å². The molecule has 0 saturated heterocycles. The average Bonchev–Trinajstić information content (AvgIpc) is 2.93. The third kappa shape index (κ3) is 3.20. The number of rotatable bonds is 7. The highest BCUT2D eigenvalue weighted by Gasteiger charge is 2.40. The van der Waals surface area contributed by atoms with Gasteiger partial charge in [-0.1, -0.05) is 19.3 Å². The van der Waals surface area contributed by atoms with Gasteiger partial charge in [-0.3, -0.25) is 4.68 Å². The molecule has 1 heterocycles. The summed E-state index contributed by atoms with van der Waals surface area (Å²) >= 11 is 0. The highest BCUT2D eigenvalue weighted by Crippen LogP contribution is 2.35. The molecule has 5 heteroatoms. The quantitative estimate of drug-likeness (QED) is 0.831. The summed E-state index contributed by atoms with van der Waals surface area (Å²) in [6.07, 6.45) is 8.68. The molecule has 1 unspecified atom stereocenters. The van der Waals surface area contributed by atoms with Crippen LogP contribution in [0.25, 0.3) is 0 Å². The summed E-state index contributed by atoms with van der Waals surface area (Å²) in [5.74, 6) is 1.05. The molecule has 0 amide bonds. The molecule has 0 aliphatic heterocycles. The van der Waals surface area contributed by atoms with Crippen LogP contribution in [-0.4, -0.2) is 40.1 Å². The first-order chi connectivity index (χ1) is 9.75. The van der Waals surface area contributed by atoms with Crippen molar-refractivity contribution in [2.45, 2.75) is 70.6 Å². The lowest BCUT2D eigenvalue weighted by molar-refractivity contribution is -0.0888. The number of nitrogens with zero attached hydrogens (tertiary/aromatic N) is 3. The Morgan fingerprint density at radius 2 is 2.10 bits per heavy atom. The molecule has 1 atom stereocenters. The Balaban J connectivity index is 2.15. The van der Waals surface area contributed by atoms with Crippen molar-refractivity contribution < 1.29 is 4.74 Å². The Morgan fingerprint density at radius 1 is 1.35 bits per heavy atom. The Morgan fingerprint density at radius 3 is 2.70 bits per heavy atom. The largest absolute Gasteiger partial charge is 0.374 e. The van der Waals surface area contributed by atoms with Crippen molar-refractivity contribution >= 4 is 0 Å². The zero-order valence-electron chi connectivity index (χ0n) is 13.1. The van der Waals surface area contributed by atoms with Gasteiger partial charge in [0.2, 0.25) is 0 Å². The summed E-state index contributed by atoms with van der Waals surface area (Å²) in [5.41, 5.74) is -0.0354. The van der Waals surface area contributed by atoms with Gasteiger partial charge >= 0.3 is 0 Å². The lowest BCUT2D eigenvalue weighted by atomic mass is 9.78. The highest BCUT2D eigenvalue weighted by molar-refractivity contribution is 5.01. The van der Waals surface area contributed by atoms with Crippen LogP contribution in [0.15, 0.2) is 6.33 Å². The predicted molar refractivity (Wildman–Crippen MR) is 79.7 cm³/mol. The van der Waals surface area contributed by atoms with Crippen molar-refractivity contribution in [3.8, 4) is 0 Å². The molecule has 20 heavy (non-hydrogen) atoms. The minimum atomic E-state index is -0.0354. The number of ether oxygens (including phenoxy) is 1. The van der Waals surface area contributed by atoms with Crippen molar-refractivity contribution in [3.63, 3.8) is 0 Å². The van der Waals surface area contributed by atoms with Gasteiger partial charge in [0.1, 0.15) is 12.2 Å². The second kappa shape index (κ2) is 7.18. The molecule has 0 aromatic carbocycles. The number of hydrogen-bond donors (Lipinski definition) is 1. The summed E-state index contributed by atoms with van der Waals surface area (Å²) in [5, 5.41) is 7.75.